The minimum Gasteiger partial charge on any atom is -0.350 e. The van der Waals surface area contributed by atoms with Crippen LogP contribution in [0.2, 0.25) is 0 Å². The molecule has 0 aromatic heterocycles. The summed E-state index contributed by atoms with van der Waals surface area (Å²) in [5.41, 5.74) is -0.120. The minimum atomic E-state index is -0.120. The van der Waals surface area contributed by atoms with Gasteiger partial charge in [-0.15, -0.1) is 0 Å². The summed E-state index contributed by atoms with van der Waals surface area (Å²) < 4.78 is 0. The molecule has 2 N–H and O–H groups in total. The molecule has 0 unspecified atom stereocenters. The van der Waals surface area contributed by atoms with Crippen LogP contribution in [-0.4, -0.2) is 49.1 Å². The van der Waals surface area contributed by atoms with E-state index in [-0.39, 0.29) is 18.9 Å². The van der Waals surface area contributed by atoms with Crippen molar-refractivity contribution in [1.82, 2.24) is 15.5 Å². The van der Waals surface area contributed by atoms with E-state index in [1.807, 2.05) is 20.8 Å². The lowest BCUT2D eigenvalue weighted by Gasteiger charge is -2.28. The number of carbonyl (C=O) groups excluding carboxylic acids is 1. The number of hydrogen-bond donors (Lipinski definition) is 2. The first-order chi connectivity index (χ1) is 6.47. The molecule has 4 heteroatoms. The average molecular weight is 215 g/mol. The van der Waals surface area contributed by atoms with Gasteiger partial charge in [-0.25, -0.2) is 0 Å². The van der Waals surface area contributed by atoms with Crippen LogP contribution in [0.1, 0.15) is 28.2 Å². The summed E-state index contributed by atoms with van der Waals surface area (Å²) in [6, 6.07) is 0. The fourth-order valence-electron chi connectivity index (χ4n) is 1.53. The summed E-state index contributed by atoms with van der Waals surface area (Å²) in [6.45, 7) is 10.5. The predicted molar refractivity (Wildman–Crippen MR) is 63.9 cm³/mol. The van der Waals surface area contributed by atoms with Gasteiger partial charge in [0.25, 0.3) is 0 Å². The van der Waals surface area contributed by atoms with Gasteiger partial charge < -0.3 is 10.6 Å². The SMILES string of the molecule is C.CC(C)(C)NC(=O)CN1CCNCC1. The van der Waals surface area contributed by atoms with Crippen molar-refractivity contribution in [2.24, 2.45) is 0 Å². The molecule has 1 amide bonds. The van der Waals surface area contributed by atoms with Gasteiger partial charge in [-0.1, -0.05) is 7.43 Å². The zero-order valence-corrected chi connectivity index (χ0v) is 9.39. The van der Waals surface area contributed by atoms with Crippen molar-refractivity contribution >= 4 is 5.91 Å². The number of nitrogens with one attached hydrogen (secondary N) is 2. The summed E-state index contributed by atoms with van der Waals surface area (Å²) >= 11 is 0. The Kier molecular flexibility index (Phi) is 5.83. The van der Waals surface area contributed by atoms with Gasteiger partial charge >= 0.3 is 0 Å². The second kappa shape index (κ2) is 6.08. The zero-order chi connectivity index (χ0) is 10.6. The van der Waals surface area contributed by atoms with E-state index in [4.69, 9.17) is 0 Å². The third-order valence-corrected chi connectivity index (χ3v) is 2.09. The quantitative estimate of drug-likeness (QED) is 0.702. The molecule has 1 rings (SSSR count). The summed E-state index contributed by atoms with van der Waals surface area (Å²) in [5.74, 6) is 0.124. The summed E-state index contributed by atoms with van der Waals surface area (Å²) in [4.78, 5) is 13.7. The highest BCUT2D eigenvalue weighted by Crippen LogP contribution is 1.99. The summed E-state index contributed by atoms with van der Waals surface area (Å²) in [7, 11) is 0. The Labute approximate surface area is 93.4 Å². The van der Waals surface area contributed by atoms with Crippen LogP contribution in [0.4, 0.5) is 0 Å². The van der Waals surface area contributed by atoms with Crippen LogP contribution in [0.3, 0.4) is 0 Å². The van der Waals surface area contributed by atoms with E-state index in [9.17, 15) is 4.79 Å². The molecule has 0 radical (unpaired) electrons. The molecule has 1 saturated heterocycles. The Hall–Kier alpha value is -0.610. The maximum absolute atomic E-state index is 11.6. The van der Waals surface area contributed by atoms with Crippen LogP contribution in [0.5, 0.6) is 0 Å². The van der Waals surface area contributed by atoms with E-state index in [1.54, 1.807) is 0 Å². The van der Waals surface area contributed by atoms with E-state index in [0.717, 1.165) is 26.2 Å². The van der Waals surface area contributed by atoms with Crippen molar-refractivity contribution in [1.29, 1.82) is 0 Å². The van der Waals surface area contributed by atoms with Gasteiger partial charge in [0.2, 0.25) is 5.91 Å². The van der Waals surface area contributed by atoms with Crippen molar-refractivity contribution < 1.29 is 4.79 Å². The largest absolute Gasteiger partial charge is 0.350 e. The van der Waals surface area contributed by atoms with Crippen LogP contribution in [0.15, 0.2) is 0 Å². The predicted octanol–water partition coefficient (Wildman–Crippen LogP) is 0.442. The third-order valence-electron chi connectivity index (χ3n) is 2.09. The van der Waals surface area contributed by atoms with Gasteiger partial charge in [0.05, 0.1) is 6.54 Å². The van der Waals surface area contributed by atoms with Crippen LogP contribution < -0.4 is 10.6 Å². The lowest BCUT2D eigenvalue weighted by Crippen LogP contribution is -2.50. The number of amides is 1. The lowest BCUT2D eigenvalue weighted by molar-refractivity contribution is -0.123. The van der Waals surface area contributed by atoms with Crippen LogP contribution in [0.25, 0.3) is 0 Å². The van der Waals surface area contributed by atoms with E-state index >= 15 is 0 Å². The Bertz CT molecular complexity index is 192. The lowest BCUT2D eigenvalue weighted by atomic mass is 10.1. The number of hydrogen-bond acceptors (Lipinski definition) is 3. The first kappa shape index (κ1) is 14.4. The molecular formula is C11H25N3O. The second-order valence-corrected chi connectivity index (χ2v) is 4.82. The summed E-state index contributed by atoms with van der Waals surface area (Å²) in [6.07, 6.45) is 0. The summed E-state index contributed by atoms with van der Waals surface area (Å²) in [5, 5.41) is 6.23. The Morgan fingerprint density at radius 2 is 1.87 bits per heavy atom. The molecule has 15 heavy (non-hydrogen) atoms. The monoisotopic (exact) mass is 215 g/mol. The molecule has 1 fully saturated rings. The van der Waals surface area contributed by atoms with Gasteiger partial charge in [-0.05, 0) is 20.8 Å². The van der Waals surface area contributed by atoms with Crippen molar-refractivity contribution in [3.8, 4) is 0 Å². The standard InChI is InChI=1S/C10H21N3O.CH4/c1-10(2,3)12-9(14)8-13-6-4-11-5-7-13;/h11H,4-8H2,1-3H3,(H,12,14);1H4. The van der Waals surface area contributed by atoms with E-state index in [0.29, 0.717) is 6.54 Å². The highest BCUT2D eigenvalue weighted by molar-refractivity contribution is 5.78. The molecule has 1 aliphatic heterocycles. The average Bonchev–Trinajstić information content (AvgIpc) is 2.02. The fraction of sp³-hybridized carbons (Fsp3) is 0.909. The number of carbonyl (C=O) groups is 1. The smallest absolute Gasteiger partial charge is 0.234 e. The van der Waals surface area contributed by atoms with E-state index in [1.165, 1.54) is 0 Å². The van der Waals surface area contributed by atoms with Crippen molar-refractivity contribution in [3.63, 3.8) is 0 Å². The van der Waals surface area contributed by atoms with Crippen molar-refractivity contribution in [2.75, 3.05) is 32.7 Å². The normalized spacial score (nSPS) is 18.1. The fourth-order valence-corrected chi connectivity index (χ4v) is 1.53. The Balaban J connectivity index is 0.00000196. The van der Waals surface area contributed by atoms with Crippen LogP contribution in [0, 0.1) is 0 Å². The Morgan fingerprint density at radius 1 is 1.33 bits per heavy atom. The van der Waals surface area contributed by atoms with Crippen LogP contribution >= 0.6 is 0 Å². The zero-order valence-electron chi connectivity index (χ0n) is 9.39. The molecule has 0 aromatic carbocycles. The van der Waals surface area contributed by atoms with Crippen LogP contribution in [-0.2, 0) is 4.79 Å². The third kappa shape index (κ3) is 6.47. The second-order valence-electron chi connectivity index (χ2n) is 4.82. The minimum absolute atomic E-state index is 0. The molecule has 1 heterocycles. The van der Waals surface area contributed by atoms with E-state index in [2.05, 4.69) is 15.5 Å². The first-order valence-electron chi connectivity index (χ1n) is 5.21. The number of rotatable bonds is 2. The topological polar surface area (TPSA) is 44.4 Å². The highest BCUT2D eigenvalue weighted by atomic mass is 16.2. The molecule has 0 aliphatic carbocycles. The van der Waals surface area contributed by atoms with Crippen molar-refractivity contribution in [2.45, 2.75) is 33.7 Å². The Morgan fingerprint density at radius 3 is 2.33 bits per heavy atom. The van der Waals surface area contributed by atoms with Crippen molar-refractivity contribution in [3.05, 3.63) is 0 Å². The maximum Gasteiger partial charge on any atom is 0.234 e. The maximum atomic E-state index is 11.6. The van der Waals surface area contributed by atoms with Gasteiger partial charge in [0, 0.05) is 31.7 Å². The molecule has 0 atom stereocenters. The molecule has 0 spiro atoms. The van der Waals surface area contributed by atoms with E-state index < -0.39 is 0 Å². The molecule has 0 bridgehead atoms. The first-order valence-corrected chi connectivity index (χ1v) is 5.21. The van der Waals surface area contributed by atoms with Gasteiger partial charge in [0.1, 0.15) is 0 Å². The molecule has 4 nitrogen and oxygen atoms in total. The number of piperazine rings is 1. The van der Waals surface area contributed by atoms with Gasteiger partial charge in [0.15, 0.2) is 0 Å². The highest BCUT2D eigenvalue weighted by Gasteiger charge is 2.17. The van der Waals surface area contributed by atoms with Gasteiger partial charge in [-0.2, -0.15) is 0 Å². The molecule has 90 valence electrons. The molecule has 0 saturated carbocycles. The molecule has 0 aromatic rings. The van der Waals surface area contributed by atoms with Gasteiger partial charge in [-0.3, -0.25) is 9.69 Å². The molecule has 1 aliphatic rings. The number of nitrogens with zero attached hydrogens (tertiary/aromatic N) is 1. The molecular weight excluding hydrogens is 190 g/mol.